The molecule has 14 rings (SSSR count). The van der Waals surface area contributed by atoms with Crippen LogP contribution in [0.4, 0.5) is 16.4 Å². The van der Waals surface area contributed by atoms with Crippen LogP contribution in [-0.2, 0) is 57.3 Å². The van der Waals surface area contributed by atoms with Gasteiger partial charge in [0, 0.05) is 54.6 Å². The van der Waals surface area contributed by atoms with Crippen LogP contribution in [0.5, 0.6) is 23.0 Å². The van der Waals surface area contributed by atoms with Crippen LogP contribution < -0.4 is 29.6 Å². The molecule has 6 heterocycles. The van der Waals surface area contributed by atoms with Crippen LogP contribution in [0.3, 0.4) is 0 Å². The number of hydrogen-bond donors (Lipinski definition) is 3. The summed E-state index contributed by atoms with van der Waals surface area (Å²) in [6, 6.07) is 19.4. The Hall–Kier alpha value is -9.43. The van der Waals surface area contributed by atoms with Gasteiger partial charge in [-0.1, -0.05) is 104 Å². The Morgan fingerprint density at radius 1 is 0.529 bits per heavy atom. The lowest BCUT2D eigenvalue weighted by atomic mass is 9.77. The number of esters is 3. The number of carboxylic acid groups (broad SMARTS) is 1. The second-order valence-electron chi connectivity index (χ2n) is 37.6. The van der Waals surface area contributed by atoms with Gasteiger partial charge in [-0.3, -0.25) is 43.7 Å². The number of pyridine rings is 4. The molecular weight excluding hydrogens is 1560 g/mol. The highest BCUT2D eigenvalue weighted by Gasteiger charge is 2.63. The van der Waals surface area contributed by atoms with Gasteiger partial charge in [0.2, 0.25) is 11.8 Å². The van der Waals surface area contributed by atoms with Crippen LogP contribution in [-0.4, -0.2) is 171 Å². The number of halogens is 2. The molecular formula is C91H114Cl2N8O18. The number of nitrogens with zero attached hydrogens (tertiary/aromatic N) is 6. The van der Waals surface area contributed by atoms with E-state index in [9.17, 15) is 48.3 Å². The lowest BCUT2D eigenvalue weighted by Crippen LogP contribution is -2.48. The number of ketones is 2. The molecule has 2 saturated heterocycles. The zero-order chi connectivity index (χ0) is 85.9. The van der Waals surface area contributed by atoms with Crippen molar-refractivity contribution in [3.8, 4) is 45.8 Å². The van der Waals surface area contributed by atoms with E-state index < -0.39 is 93.4 Å². The summed E-state index contributed by atoms with van der Waals surface area (Å²) >= 11 is 13.7. The molecule has 26 nitrogen and oxygen atoms in total. The zero-order valence-electron chi connectivity index (χ0n) is 71.1. The van der Waals surface area contributed by atoms with E-state index in [4.69, 9.17) is 76.0 Å². The van der Waals surface area contributed by atoms with Crippen molar-refractivity contribution in [2.24, 2.45) is 69.0 Å². The minimum Gasteiger partial charge on any atom is -0.495 e. The van der Waals surface area contributed by atoms with Crippen molar-refractivity contribution in [1.29, 1.82) is 0 Å². The molecule has 8 aliphatic rings. The Morgan fingerprint density at radius 2 is 0.950 bits per heavy atom. The predicted molar refractivity (Wildman–Crippen MR) is 448 cm³/mol. The number of likely N-dealkylation sites (tertiary alicyclic amines) is 2. The van der Waals surface area contributed by atoms with Gasteiger partial charge < -0.3 is 58.1 Å². The van der Waals surface area contributed by atoms with Crippen molar-refractivity contribution in [1.82, 2.24) is 29.7 Å². The lowest BCUT2D eigenvalue weighted by molar-refractivity contribution is -0.157. The first-order chi connectivity index (χ1) is 56.2. The highest BCUT2D eigenvalue weighted by atomic mass is 35.5. The maximum Gasteiger partial charge on any atom is 0.413 e. The molecule has 28 heteroatoms. The fourth-order valence-electron chi connectivity index (χ4n) is 18.6. The number of hydrogen-bond acceptors (Lipinski definition) is 22. The van der Waals surface area contributed by atoms with Gasteiger partial charge in [0.05, 0.1) is 116 Å². The van der Waals surface area contributed by atoms with E-state index in [1.807, 2.05) is 87.4 Å². The first-order valence-electron chi connectivity index (χ1n) is 42.0. The summed E-state index contributed by atoms with van der Waals surface area (Å²) in [6.07, 6.45) is 5.62. The standard InChI is InChI=1S/C47H59ClN4O10.C44H55ClN4O8/c1-10-27-22-47(27,43(56)59-9)23-35(53)34-19-29(24-52(34)42(55)31(45(2,3)4)20-39(54)61-28-17-25-16-26(25)18-28)60-37-21-33(50-41-30(37)14-15-36(58-8)40(41)48)32-12-11-13-38(49-32)51-44(57)62-46(5,6)7;1-8-26-20-44(26,42(53)54)21-34(50)33-17-28(22-49(33)41(52)30(43(4,5)6)18-38(51)57-27-15-24-14-25(24)16-27)56-36-19-32(31-10-9-11-37(47-31)46-23(2)3)48-40-29(36)12-13-35(55-7)39(40)45/h11-15,21,25-29,31,34H,10,16-20,22-24H2,1-9H3,(H,49,51,57);9-13,19,23-28,30,33H,8,14-18,20-22H2,1-7H3,(H,46,47)(H,53,54)/t25-,26+,27-,28?,29-,31-,34+,47-;24-,25+,26-,27?,28-,30-,33+,44-/m11/s1. The van der Waals surface area contributed by atoms with Gasteiger partial charge in [-0.2, -0.15) is 0 Å². The second-order valence-corrected chi connectivity index (χ2v) is 38.4. The lowest BCUT2D eigenvalue weighted by Gasteiger charge is -2.35. The van der Waals surface area contributed by atoms with Gasteiger partial charge in [0.15, 0.2) is 11.6 Å². The van der Waals surface area contributed by atoms with Crippen molar-refractivity contribution < 1.29 is 86.2 Å². The molecule has 640 valence electrons. The number of ether oxygens (including phenoxy) is 8. The van der Waals surface area contributed by atoms with E-state index in [0.717, 1.165) is 25.7 Å². The monoisotopic (exact) mass is 1680 g/mol. The number of aromatic nitrogens is 4. The Bertz CT molecular complexity index is 4900. The van der Waals surface area contributed by atoms with Gasteiger partial charge in [-0.25, -0.2) is 24.7 Å². The average Bonchev–Trinajstić information content (AvgIpc) is 1.56. The number of methoxy groups -OCH3 is 3. The number of nitrogens with one attached hydrogen (secondary N) is 2. The first kappa shape index (κ1) is 87.4. The minimum absolute atomic E-state index is 0.00925. The highest BCUT2D eigenvalue weighted by molar-refractivity contribution is 6.37. The van der Waals surface area contributed by atoms with E-state index in [-0.39, 0.29) is 121 Å². The maximum atomic E-state index is 14.9. The van der Waals surface area contributed by atoms with Crippen molar-refractivity contribution >= 4 is 110 Å². The Labute approximate surface area is 705 Å². The number of benzene rings is 2. The summed E-state index contributed by atoms with van der Waals surface area (Å²) in [7, 11) is 4.35. The zero-order valence-corrected chi connectivity index (χ0v) is 72.7. The molecule has 2 unspecified atom stereocenters. The molecule has 3 amide bonds. The van der Waals surface area contributed by atoms with Crippen molar-refractivity contribution in [3.63, 3.8) is 0 Å². The summed E-state index contributed by atoms with van der Waals surface area (Å²) in [5.74, 6) is -0.217. The van der Waals surface area contributed by atoms with Crippen LogP contribution in [0.15, 0.2) is 72.8 Å². The number of carbonyl (C=O) groups excluding carboxylic acids is 8. The highest BCUT2D eigenvalue weighted by Crippen LogP contribution is 2.60. The molecule has 2 aromatic carbocycles. The van der Waals surface area contributed by atoms with Crippen molar-refractivity contribution in [3.05, 3.63) is 82.8 Å². The largest absolute Gasteiger partial charge is 0.495 e. The van der Waals surface area contributed by atoms with E-state index in [1.165, 1.54) is 39.1 Å². The molecule has 6 aromatic rings. The number of anilines is 2. The molecule has 3 N–H and O–H groups in total. The molecule has 119 heavy (non-hydrogen) atoms. The fourth-order valence-corrected chi connectivity index (χ4v) is 19.2. The number of aliphatic carboxylic acids is 1. The summed E-state index contributed by atoms with van der Waals surface area (Å²) in [5.41, 5.74) is -1.53. The summed E-state index contributed by atoms with van der Waals surface area (Å²) in [6.45, 7) is 24.8. The Morgan fingerprint density at radius 3 is 1.34 bits per heavy atom. The van der Waals surface area contributed by atoms with Gasteiger partial charge in [-0.05, 0) is 181 Å². The molecule has 0 spiro atoms. The number of carbonyl (C=O) groups is 9. The quantitative estimate of drug-likeness (QED) is 0.0290. The van der Waals surface area contributed by atoms with Crippen molar-refractivity contribution in [2.75, 3.05) is 45.1 Å². The molecule has 8 fully saturated rings. The van der Waals surface area contributed by atoms with Crippen LogP contribution in [0.1, 0.15) is 193 Å². The normalized spacial score (nSPS) is 26.2. The van der Waals surface area contributed by atoms with E-state index in [0.29, 0.717) is 123 Å². The number of amides is 3. The Kier molecular flexibility index (Phi) is 25.4. The SMILES string of the molecule is CC[C@@H]1C[C@]1(CC(=O)[C@@H]1C[C@@H](Oc2cc(-c3cccc(NC(=O)OC(C)(C)C)n3)nc3c(Cl)c(OC)ccc23)CN1C(=O)[C@@H](CC(=O)OC1C[C@@H]2C[C@@H]2C1)C(C)(C)C)C(=O)OC.CC[C@@H]1C[C@]1(CC(=O)[C@@H]1C[C@@H](Oc2cc(-c3cccc(NC(C)C)n3)nc3c(Cl)c(OC)ccc23)CN1C(=O)[C@@H](CC(=O)OC1C[C@@H]2C[C@@H]2C1)C(C)(C)C)C(=O)O. The molecule has 6 saturated carbocycles. The van der Waals surface area contributed by atoms with E-state index in [1.54, 1.807) is 80.3 Å². The average molecular weight is 1680 g/mol. The van der Waals surface area contributed by atoms with E-state index in [2.05, 4.69) is 15.6 Å². The smallest absolute Gasteiger partial charge is 0.413 e. The summed E-state index contributed by atoms with van der Waals surface area (Å²) < 4.78 is 47.0. The molecule has 0 radical (unpaired) electrons. The Balaban J connectivity index is 0.000000207. The van der Waals surface area contributed by atoms with Crippen LogP contribution in [0, 0.1) is 69.0 Å². The molecule has 4 aromatic heterocycles. The number of Topliss-reactive ketones (excluding diaryl/α,β-unsaturated/α-hetero) is 2. The van der Waals surface area contributed by atoms with Crippen LogP contribution in [0.2, 0.25) is 10.0 Å². The van der Waals surface area contributed by atoms with Crippen molar-refractivity contribution in [2.45, 2.75) is 241 Å². The molecule has 0 bridgehead atoms. The topological polar surface area (TPSA) is 330 Å². The number of carboxylic acids is 1. The maximum absolute atomic E-state index is 14.9. The second kappa shape index (κ2) is 34.6. The summed E-state index contributed by atoms with van der Waals surface area (Å²) in [5, 5.41) is 17.9. The third-order valence-electron chi connectivity index (χ3n) is 25.5. The van der Waals surface area contributed by atoms with Crippen LogP contribution in [0.25, 0.3) is 44.6 Å². The molecule has 6 aliphatic carbocycles. The van der Waals surface area contributed by atoms with Gasteiger partial charge in [0.25, 0.3) is 0 Å². The number of fused-ring (bicyclic) bond motifs is 4. The number of rotatable bonds is 29. The fraction of sp³-hybridized carbons (Fsp3) is 0.593. The van der Waals surface area contributed by atoms with Gasteiger partial charge in [-0.15, -0.1) is 0 Å². The van der Waals surface area contributed by atoms with Crippen LogP contribution >= 0.6 is 23.2 Å². The minimum atomic E-state index is -1.15. The first-order valence-corrected chi connectivity index (χ1v) is 42.8. The molecule has 2 aliphatic heterocycles. The third-order valence-corrected chi connectivity index (χ3v) is 26.2. The predicted octanol–water partition coefficient (Wildman–Crippen LogP) is 16.6. The van der Waals surface area contributed by atoms with Gasteiger partial charge >= 0.3 is 30.0 Å². The van der Waals surface area contributed by atoms with E-state index >= 15 is 0 Å². The third kappa shape index (κ3) is 19.5. The molecule has 16 atom stereocenters. The summed E-state index contributed by atoms with van der Waals surface area (Å²) in [4.78, 5) is 146. The van der Waals surface area contributed by atoms with Gasteiger partial charge in [0.1, 0.15) is 74.7 Å².